The minimum absolute atomic E-state index is 0.146. The number of hydrogen-bond acceptors (Lipinski definition) is 4. The number of hydrogen-bond donors (Lipinski definition) is 1. The number of amides is 1. The molecule has 0 aliphatic heterocycles. The molecule has 0 saturated heterocycles. The number of alkyl carbamates (subject to hydrolysis) is 1. The van der Waals surface area contributed by atoms with Crippen LogP contribution in [0.2, 0.25) is 5.02 Å². The summed E-state index contributed by atoms with van der Waals surface area (Å²) in [5.41, 5.74) is 0.295. The zero-order valence-electron chi connectivity index (χ0n) is 13.9. The van der Waals surface area contributed by atoms with Crippen molar-refractivity contribution in [1.82, 2.24) is 5.32 Å². The number of benzene rings is 1. The van der Waals surface area contributed by atoms with Crippen molar-refractivity contribution in [1.29, 1.82) is 0 Å². The maximum absolute atomic E-state index is 11.7. The molecule has 127 valence electrons. The Labute approximate surface area is 142 Å². The molecule has 6 heteroatoms. The summed E-state index contributed by atoms with van der Waals surface area (Å²) in [6.45, 7) is 10.9. The van der Waals surface area contributed by atoms with Gasteiger partial charge in [-0.05, 0) is 45.4 Å². The highest BCUT2D eigenvalue weighted by atomic mass is 35.5. The van der Waals surface area contributed by atoms with Gasteiger partial charge in [-0.2, -0.15) is 0 Å². The summed E-state index contributed by atoms with van der Waals surface area (Å²) in [5.74, 6) is -0.582. The Kier molecular flexibility index (Phi) is 6.88. The maximum Gasteiger partial charge on any atom is 0.410 e. The molecule has 5 nitrogen and oxygen atoms in total. The molecule has 1 aromatic rings. The van der Waals surface area contributed by atoms with Gasteiger partial charge in [0.15, 0.2) is 0 Å². The standard InChI is InChI=1S/C17H23ClNO4/c1-11(13-6-8-14(18)9-7-13)10-19-16(21)23-12(2)22-15(20)17(3,4)5/h6-9,11-12H,1,10H2,2-5H3,(H,19,21)/t11-,12?/m1/s1. The lowest BCUT2D eigenvalue weighted by molar-refractivity contribution is -0.174. The molecule has 23 heavy (non-hydrogen) atoms. The number of carbonyl (C=O) groups is 2. The third kappa shape index (κ3) is 6.91. The third-order valence-corrected chi connectivity index (χ3v) is 3.24. The van der Waals surface area contributed by atoms with Crippen molar-refractivity contribution in [2.45, 2.75) is 39.9 Å². The summed E-state index contributed by atoms with van der Waals surface area (Å²) in [7, 11) is 0. The summed E-state index contributed by atoms with van der Waals surface area (Å²) in [4.78, 5) is 23.4. The fourth-order valence-corrected chi connectivity index (χ4v) is 1.73. The zero-order valence-corrected chi connectivity index (χ0v) is 14.6. The number of rotatable bonds is 5. The van der Waals surface area contributed by atoms with Crippen LogP contribution in [0.5, 0.6) is 0 Å². The first kappa shape index (κ1) is 19.3. The molecule has 0 aliphatic carbocycles. The Bertz CT molecular complexity index is 537. The monoisotopic (exact) mass is 340 g/mol. The normalized spacial score (nSPS) is 13.8. The molecule has 2 atom stereocenters. The van der Waals surface area contributed by atoms with Crippen LogP contribution < -0.4 is 5.32 Å². The highest BCUT2D eigenvalue weighted by Gasteiger charge is 2.26. The lowest BCUT2D eigenvalue weighted by Gasteiger charge is -2.21. The van der Waals surface area contributed by atoms with Crippen LogP contribution in [0.15, 0.2) is 24.3 Å². The molecule has 0 spiro atoms. The Morgan fingerprint density at radius 3 is 2.30 bits per heavy atom. The molecule has 0 heterocycles. The van der Waals surface area contributed by atoms with Crippen molar-refractivity contribution in [3.8, 4) is 0 Å². The first-order valence-corrected chi connectivity index (χ1v) is 7.71. The lowest BCUT2D eigenvalue weighted by Crippen LogP contribution is -2.34. The van der Waals surface area contributed by atoms with Crippen molar-refractivity contribution in [2.24, 2.45) is 5.41 Å². The molecule has 1 aromatic carbocycles. The molecule has 0 fully saturated rings. The van der Waals surface area contributed by atoms with Crippen molar-refractivity contribution in [3.05, 3.63) is 41.8 Å². The molecule has 0 aliphatic rings. The van der Waals surface area contributed by atoms with Gasteiger partial charge in [0.05, 0.1) is 5.41 Å². The van der Waals surface area contributed by atoms with Crippen molar-refractivity contribution < 1.29 is 19.1 Å². The van der Waals surface area contributed by atoms with E-state index in [9.17, 15) is 9.59 Å². The molecule has 1 N–H and O–H groups in total. The minimum atomic E-state index is -0.958. The predicted molar refractivity (Wildman–Crippen MR) is 89.0 cm³/mol. The third-order valence-electron chi connectivity index (χ3n) is 2.99. The highest BCUT2D eigenvalue weighted by molar-refractivity contribution is 6.30. The molecular formula is C17H23ClNO4. The fraction of sp³-hybridized carbons (Fsp3) is 0.471. The summed E-state index contributed by atoms with van der Waals surface area (Å²) >= 11 is 5.82. The van der Waals surface area contributed by atoms with E-state index in [1.165, 1.54) is 6.92 Å². The molecule has 1 unspecified atom stereocenters. The van der Waals surface area contributed by atoms with Gasteiger partial charge in [-0.1, -0.05) is 23.7 Å². The van der Waals surface area contributed by atoms with Crippen molar-refractivity contribution >= 4 is 23.7 Å². The Hall–Kier alpha value is -1.75. The topological polar surface area (TPSA) is 64.6 Å². The fourth-order valence-electron chi connectivity index (χ4n) is 1.60. The zero-order chi connectivity index (χ0) is 17.6. The molecular weight excluding hydrogens is 318 g/mol. The Morgan fingerprint density at radius 2 is 1.78 bits per heavy atom. The summed E-state index contributed by atoms with van der Waals surface area (Å²) in [6.07, 6.45) is -1.62. The Morgan fingerprint density at radius 1 is 1.22 bits per heavy atom. The molecule has 0 saturated carbocycles. The Balaban J connectivity index is 2.39. The minimum Gasteiger partial charge on any atom is -0.425 e. The smallest absolute Gasteiger partial charge is 0.410 e. The van der Waals surface area contributed by atoms with Crippen LogP contribution in [0.4, 0.5) is 4.79 Å². The molecule has 0 bridgehead atoms. The van der Waals surface area contributed by atoms with Gasteiger partial charge in [-0.25, -0.2) is 4.79 Å². The van der Waals surface area contributed by atoms with Crippen LogP contribution in [0.25, 0.3) is 0 Å². The van der Waals surface area contributed by atoms with E-state index in [1.54, 1.807) is 32.9 Å². The first-order chi connectivity index (χ1) is 10.6. The van der Waals surface area contributed by atoms with Crippen molar-refractivity contribution in [3.63, 3.8) is 0 Å². The highest BCUT2D eigenvalue weighted by Crippen LogP contribution is 2.18. The van der Waals surface area contributed by atoms with E-state index in [0.29, 0.717) is 11.6 Å². The van der Waals surface area contributed by atoms with Crippen molar-refractivity contribution in [2.75, 3.05) is 6.54 Å². The van der Waals surface area contributed by atoms with Gasteiger partial charge in [0.1, 0.15) is 0 Å². The van der Waals surface area contributed by atoms with Crippen LogP contribution in [0, 0.1) is 12.3 Å². The van der Waals surface area contributed by atoms with E-state index in [4.69, 9.17) is 21.1 Å². The van der Waals surface area contributed by atoms with Crippen LogP contribution in [0.1, 0.15) is 39.2 Å². The average Bonchev–Trinajstić information content (AvgIpc) is 2.44. The SMILES string of the molecule is [CH2][C@H](CNC(=O)OC(C)OC(=O)C(C)(C)C)c1ccc(Cl)cc1. The van der Waals surface area contributed by atoms with Gasteiger partial charge < -0.3 is 14.8 Å². The number of ether oxygens (including phenoxy) is 2. The molecule has 1 rings (SSSR count). The van der Waals surface area contributed by atoms with Crippen LogP contribution >= 0.6 is 11.6 Å². The van der Waals surface area contributed by atoms with Crippen LogP contribution in [-0.4, -0.2) is 24.9 Å². The van der Waals surface area contributed by atoms with E-state index in [-0.39, 0.29) is 5.92 Å². The second-order valence-electron chi connectivity index (χ2n) is 6.26. The van der Waals surface area contributed by atoms with Gasteiger partial charge in [-0.15, -0.1) is 0 Å². The van der Waals surface area contributed by atoms with Gasteiger partial charge in [-0.3, -0.25) is 4.79 Å². The van der Waals surface area contributed by atoms with Gasteiger partial charge in [0.2, 0.25) is 6.29 Å². The average molecular weight is 341 g/mol. The summed E-state index contributed by atoms with van der Waals surface area (Å²) in [6, 6.07) is 7.23. The quantitative estimate of drug-likeness (QED) is 0.651. The summed E-state index contributed by atoms with van der Waals surface area (Å²) < 4.78 is 10.0. The van der Waals surface area contributed by atoms with Gasteiger partial charge in [0, 0.05) is 24.4 Å². The molecule has 1 radical (unpaired) electrons. The van der Waals surface area contributed by atoms with E-state index >= 15 is 0 Å². The maximum atomic E-state index is 11.7. The number of nitrogens with one attached hydrogen (secondary N) is 1. The second kappa shape index (κ2) is 8.20. The first-order valence-electron chi connectivity index (χ1n) is 7.33. The predicted octanol–water partition coefficient (Wildman–Crippen LogP) is 3.92. The largest absolute Gasteiger partial charge is 0.425 e. The number of esters is 1. The number of halogens is 1. The second-order valence-corrected chi connectivity index (χ2v) is 6.69. The van der Waals surface area contributed by atoms with E-state index in [2.05, 4.69) is 12.2 Å². The summed E-state index contributed by atoms with van der Waals surface area (Å²) in [5, 5.41) is 3.23. The molecule has 0 aromatic heterocycles. The van der Waals surface area contributed by atoms with Gasteiger partial charge >= 0.3 is 12.1 Å². The van der Waals surface area contributed by atoms with E-state index in [0.717, 1.165) is 5.56 Å². The van der Waals surface area contributed by atoms with E-state index in [1.807, 2.05) is 12.1 Å². The van der Waals surface area contributed by atoms with Crippen LogP contribution in [0.3, 0.4) is 0 Å². The number of carbonyl (C=O) groups excluding carboxylic acids is 2. The lowest BCUT2D eigenvalue weighted by atomic mass is 9.97. The van der Waals surface area contributed by atoms with Crippen LogP contribution in [-0.2, 0) is 14.3 Å². The van der Waals surface area contributed by atoms with E-state index < -0.39 is 23.8 Å². The van der Waals surface area contributed by atoms with Gasteiger partial charge in [0.25, 0.3) is 0 Å². The molecule has 1 amide bonds.